The van der Waals surface area contributed by atoms with Crippen LogP contribution in [0.4, 0.5) is 5.95 Å². The number of hydrogen-bond acceptors (Lipinski definition) is 7. The number of amides is 1. The summed E-state index contributed by atoms with van der Waals surface area (Å²) in [6, 6.07) is 9.57. The van der Waals surface area contributed by atoms with Crippen molar-refractivity contribution in [3.05, 3.63) is 55.1 Å². The van der Waals surface area contributed by atoms with E-state index in [9.17, 15) is 4.79 Å². The van der Waals surface area contributed by atoms with Crippen molar-refractivity contribution in [2.45, 2.75) is 5.16 Å². The van der Waals surface area contributed by atoms with E-state index in [1.165, 1.54) is 11.8 Å². The fraction of sp³-hybridized carbons (Fsp3) is 0.300. The summed E-state index contributed by atoms with van der Waals surface area (Å²) in [5, 5.41) is 0.780. The van der Waals surface area contributed by atoms with E-state index in [0.29, 0.717) is 24.8 Å². The molecule has 0 saturated carbocycles. The fourth-order valence-electron chi connectivity index (χ4n) is 3.18. The van der Waals surface area contributed by atoms with Crippen molar-refractivity contribution in [3.8, 4) is 11.4 Å². The number of nitrogens with zero attached hydrogens (tertiary/aromatic N) is 6. The van der Waals surface area contributed by atoms with Crippen molar-refractivity contribution in [2.75, 3.05) is 43.9 Å². The predicted octanol–water partition coefficient (Wildman–Crippen LogP) is 2.11. The first-order valence-corrected chi connectivity index (χ1v) is 10.3. The van der Waals surface area contributed by atoms with Crippen molar-refractivity contribution in [1.29, 1.82) is 0 Å². The summed E-state index contributed by atoms with van der Waals surface area (Å²) in [6.07, 6.45) is 7.10. The van der Waals surface area contributed by atoms with Gasteiger partial charge in [0.25, 0.3) is 0 Å². The van der Waals surface area contributed by atoms with Crippen LogP contribution in [-0.2, 0) is 4.79 Å². The van der Waals surface area contributed by atoms with Crippen LogP contribution >= 0.6 is 11.8 Å². The van der Waals surface area contributed by atoms with E-state index < -0.39 is 0 Å². The molecule has 0 bridgehead atoms. The standard InChI is InChI=1S/C20H22N6O2S/c1-28-17-5-2-4-16(14-17)26-9-8-23-20(26)29-15-18(27)24-10-12-25(13-11-24)19-21-6-3-7-22-19/h2-9,14H,10-13,15H2,1H3. The van der Waals surface area contributed by atoms with Crippen LogP contribution in [0.25, 0.3) is 5.69 Å². The third-order valence-corrected chi connectivity index (χ3v) is 5.68. The van der Waals surface area contributed by atoms with Gasteiger partial charge in [-0.3, -0.25) is 9.36 Å². The second-order valence-corrected chi connectivity index (χ2v) is 7.43. The molecule has 29 heavy (non-hydrogen) atoms. The Bertz CT molecular complexity index is 956. The fourth-order valence-corrected chi connectivity index (χ4v) is 4.06. The van der Waals surface area contributed by atoms with Gasteiger partial charge in [0.15, 0.2) is 5.16 Å². The van der Waals surface area contributed by atoms with Gasteiger partial charge in [0.05, 0.1) is 18.6 Å². The SMILES string of the molecule is COc1cccc(-n2ccnc2SCC(=O)N2CCN(c3ncccn3)CC2)c1. The summed E-state index contributed by atoms with van der Waals surface area (Å²) in [5.41, 5.74) is 0.952. The summed E-state index contributed by atoms with van der Waals surface area (Å²) in [7, 11) is 1.64. The van der Waals surface area contributed by atoms with Gasteiger partial charge in [-0.1, -0.05) is 17.8 Å². The zero-order chi connectivity index (χ0) is 20.1. The number of carbonyl (C=O) groups is 1. The molecule has 0 radical (unpaired) electrons. The third-order valence-electron chi connectivity index (χ3n) is 4.73. The monoisotopic (exact) mass is 410 g/mol. The van der Waals surface area contributed by atoms with Gasteiger partial charge in [-0.15, -0.1) is 0 Å². The molecule has 3 heterocycles. The summed E-state index contributed by atoms with van der Waals surface area (Å²) in [4.78, 5) is 29.6. The molecule has 0 spiro atoms. The molecule has 1 aromatic carbocycles. The maximum Gasteiger partial charge on any atom is 0.233 e. The number of rotatable bonds is 6. The molecule has 1 aliphatic heterocycles. The summed E-state index contributed by atoms with van der Waals surface area (Å²) in [6.45, 7) is 2.81. The van der Waals surface area contributed by atoms with Crippen LogP contribution < -0.4 is 9.64 Å². The van der Waals surface area contributed by atoms with Crippen molar-refractivity contribution in [3.63, 3.8) is 0 Å². The van der Waals surface area contributed by atoms with Crippen molar-refractivity contribution >= 4 is 23.6 Å². The van der Waals surface area contributed by atoms with Gasteiger partial charge >= 0.3 is 0 Å². The molecule has 0 aliphatic carbocycles. The number of hydrogen-bond donors (Lipinski definition) is 0. The van der Waals surface area contributed by atoms with Crippen LogP contribution in [0.2, 0.25) is 0 Å². The summed E-state index contributed by atoms with van der Waals surface area (Å²) < 4.78 is 7.26. The first-order chi connectivity index (χ1) is 14.2. The topological polar surface area (TPSA) is 76.4 Å². The normalized spacial score (nSPS) is 14.1. The van der Waals surface area contributed by atoms with E-state index in [2.05, 4.69) is 19.9 Å². The number of aromatic nitrogens is 4. The quantitative estimate of drug-likeness (QED) is 0.576. The Morgan fingerprint density at radius 1 is 1.07 bits per heavy atom. The molecule has 9 heteroatoms. The van der Waals surface area contributed by atoms with Gasteiger partial charge in [-0.25, -0.2) is 15.0 Å². The molecule has 1 fully saturated rings. The Morgan fingerprint density at radius 2 is 1.86 bits per heavy atom. The van der Waals surface area contributed by atoms with Crippen LogP contribution in [0.5, 0.6) is 5.75 Å². The maximum atomic E-state index is 12.7. The maximum absolute atomic E-state index is 12.7. The number of carbonyl (C=O) groups excluding carboxylic acids is 1. The number of thioether (sulfide) groups is 1. The van der Waals surface area contributed by atoms with E-state index in [4.69, 9.17) is 4.74 Å². The average molecular weight is 411 g/mol. The first-order valence-electron chi connectivity index (χ1n) is 9.35. The van der Waals surface area contributed by atoms with Crippen LogP contribution in [0.3, 0.4) is 0 Å². The average Bonchev–Trinajstić information content (AvgIpc) is 3.27. The van der Waals surface area contributed by atoms with Gasteiger partial charge in [0.2, 0.25) is 11.9 Å². The van der Waals surface area contributed by atoms with Gasteiger partial charge in [0.1, 0.15) is 5.75 Å². The predicted molar refractivity (Wildman–Crippen MR) is 112 cm³/mol. The first kappa shape index (κ1) is 19.3. The van der Waals surface area contributed by atoms with Gasteiger partial charge in [-0.05, 0) is 18.2 Å². The van der Waals surface area contributed by atoms with Crippen LogP contribution in [-0.4, -0.2) is 69.4 Å². The molecule has 1 amide bonds. The molecule has 2 aromatic heterocycles. The minimum absolute atomic E-state index is 0.115. The highest BCUT2D eigenvalue weighted by molar-refractivity contribution is 7.99. The lowest BCUT2D eigenvalue weighted by atomic mass is 10.3. The summed E-state index contributed by atoms with van der Waals surface area (Å²) >= 11 is 1.44. The van der Waals surface area contributed by atoms with Gasteiger partial charge < -0.3 is 14.5 Å². The molecular weight excluding hydrogens is 388 g/mol. The molecule has 4 rings (SSSR count). The minimum Gasteiger partial charge on any atom is -0.497 e. The smallest absolute Gasteiger partial charge is 0.233 e. The van der Waals surface area contributed by atoms with Gasteiger partial charge in [-0.2, -0.15) is 0 Å². The zero-order valence-electron chi connectivity index (χ0n) is 16.1. The number of methoxy groups -OCH3 is 1. The van der Waals surface area contributed by atoms with Gasteiger partial charge in [0, 0.05) is 57.0 Å². The van der Waals surface area contributed by atoms with Crippen molar-refractivity contribution < 1.29 is 9.53 Å². The minimum atomic E-state index is 0.115. The number of piperazine rings is 1. The molecule has 150 valence electrons. The van der Waals surface area contributed by atoms with Crippen LogP contribution in [0.1, 0.15) is 0 Å². The Labute approximate surface area is 173 Å². The largest absolute Gasteiger partial charge is 0.497 e. The Balaban J connectivity index is 1.33. The second-order valence-electron chi connectivity index (χ2n) is 6.49. The molecule has 0 atom stereocenters. The highest BCUT2D eigenvalue weighted by atomic mass is 32.2. The Hall–Kier alpha value is -3.07. The number of imidazole rings is 1. The Morgan fingerprint density at radius 3 is 2.62 bits per heavy atom. The molecule has 0 unspecified atom stereocenters. The molecular formula is C20H22N6O2S. The number of anilines is 1. The summed E-state index contributed by atoms with van der Waals surface area (Å²) in [5.74, 6) is 1.96. The molecule has 1 saturated heterocycles. The van der Waals surface area contributed by atoms with E-state index in [0.717, 1.165) is 29.7 Å². The second kappa shape index (κ2) is 8.95. The molecule has 8 nitrogen and oxygen atoms in total. The Kier molecular flexibility index (Phi) is 5.95. The van der Waals surface area contributed by atoms with E-state index in [1.807, 2.05) is 39.9 Å². The number of ether oxygens (including phenoxy) is 1. The highest BCUT2D eigenvalue weighted by Crippen LogP contribution is 2.23. The zero-order valence-corrected chi connectivity index (χ0v) is 17.0. The van der Waals surface area contributed by atoms with E-state index in [-0.39, 0.29) is 5.91 Å². The molecule has 0 N–H and O–H groups in total. The van der Waals surface area contributed by atoms with Crippen molar-refractivity contribution in [2.24, 2.45) is 0 Å². The van der Waals surface area contributed by atoms with E-state index >= 15 is 0 Å². The lowest BCUT2D eigenvalue weighted by molar-refractivity contribution is -0.128. The lowest BCUT2D eigenvalue weighted by Crippen LogP contribution is -2.49. The lowest BCUT2D eigenvalue weighted by Gasteiger charge is -2.34. The highest BCUT2D eigenvalue weighted by Gasteiger charge is 2.23. The number of benzene rings is 1. The van der Waals surface area contributed by atoms with Crippen LogP contribution in [0, 0.1) is 0 Å². The van der Waals surface area contributed by atoms with Crippen LogP contribution in [0.15, 0.2) is 60.3 Å². The van der Waals surface area contributed by atoms with Crippen molar-refractivity contribution in [1.82, 2.24) is 24.4 Å². The third kappa shape index (κ3) is 4.51. The molecule has 1 aliphatic rings. The van der Waals surface area contributed by atoms with E-state index in [1.54, 1.807) is 31.8 Å². The molecule has 3 aromatic rings.